The molecular weight excluding hydrogens is 216 g/mol. The van der Waals surface area contributed by atoms with Gasteiger partial charge in [-0.05, 0) is 12.1 Å². The summed E-state index contributed by atoms with van der Waals surface area (Å²) in [5, 5.41) is 8.90. The van der Waals surface area contributed by atoms with E-state index in [1.54, 1.807) is 12.1 Å². The second kappa shape index (κ2) is 4.84. The average molecular weight is 232 g/mol. The fourth-order valence-corrected chi connectivity index (χ4v) is 1.87. The predicted octanol–water partition coefficient (Wildman–Crippen LogP) is 1.35. The van der Waals surface area contributed by atoms with Crippen molar-refractivity contribution in [2.45, 2.75) is 12.7 Å². The van der Waals surface area contributed by atoms with Gasteiger partial charge in [-0.2, -0.15) is 5.26 Å². The lowest BCUT2D eigenvalue weighted by Gasteiger charge is -2.38. The molecule has 1 heterocycles. The maximum atomic E-state index is 8.90. The van der Waals surface area contributed by atoms with Gasteiger partial charge in [-0.3, -0.25) is 0 Å². The number of ether oxygens (including phenoxy) is 2. The van der Waals surface area contributed by atoms with Crippen molar-refractivity contribution >= 4 is 0 Å². The molecular formula is C13H16N2O2. The molecule has 2 rings (SSSR count). The lowest BCUT2D eigenvalue weighted by atomic mass is 10.0. The highest BCUT2D eigenvalue weighted by Gasteiger charge is 2.37. The fraction of sp³-hybridized carbons (Fsp3) is 0.462. The molecule has 1 fully saturated rings. The zero-order valence-corrected chi connectivity index (χ0v) is 9.85. The van der Waals surface area contributed by atoms with Crippen LogP contribution in [-0.4, -0.2) is 19.8 Å². The number of nitrogens with two attached hydrogens (primary N) is 1. The van der Waals surface area contributed by atoms with Crippen molar-refractivity contribution in [2.75, 3.05) is 19.8 Å². The third-order valence-corrected chi connectivity index (χ3v) is 2.90. The van der Waals surface area contributed by atoms with Crippen LogP contribution in [-0.2, 0) is 15.3 Å². The Hall–Kier alpha value is -1.41. The zero-order chi connectivity index (χ0) is 12.3. The highest BCUT2D eigenvalue weighted by molar-refractivity contribution is 5.35. The third kappa shape index (κ3) is 2.32. The summed E-state index contributed by atoms with van der Waals surface area (Å²) in [5.74, 6) is -0.520. The highest BCUT2D eigenvalue weighted by atomic mass is 16.7. The van der Waals surface area contributed by atoms with Crippen molar-refractivity contribution in [1.82, 2.24) is 0 Å². The van der Waals surface area contributed by atoms with Gasteiger partial charge in [0, 0.05) is 11.5 Å². The van der Waals surface area contributed by atoms with Crippen molar-refractivity contribution in [2.24, 2.45) is 11.7 Å². The van der Waals surface area contributed by atoms with E-state index in [0.29, 0.717) is 24.7 Å². The monoisotopic (exact) mass is 232 g/mol. The largest absolute Gasteiger partial charge is 0.344 e. The number of benzene rings is 1. The second-order valence-corrected chi connectivity index (χ2v) is 4.38. The molecule has 4 heteroatoms. The predicted molar refractivity (Wildman–Crippen MR) is 63.0 cm³/mol. The SMILES string of the molecule is CC1COC(CN)(c2cccc(C#N)c2)OC1. The first-order valence-corrected chi connectivity index (χ1v) is 5.69. The Labute approximate surface area is 101 Å². The standard InChI is InChI=1S/C13H16N2O2/c1-10-7-16-13(9-15,17-8-10)12-4-2-3-11(5-12)6-14/h2-5,10H,7-9,15H2,1H3. The molecule has 17 heavy (non-hydrogen) atoms. The van der Waals surface area contributed by atoms with Crippen LogP contribution in [0.4, 0.5) is 0 Å². The first-order chi connectivity index (χ1) is 8.20. The first kappa shape index (κ1) is 12.1. The molecule has 1 aromatic rings. The molecule has 0 radical (unpaired) electrons. The number of hydrogen-bond donors (Lipinski definition) is 1. The van der Waals surface area contributed by atoms with Crippen LogP contribution < -0.4 is 5.73 Å². The van der Waals surface area contributed by atoms with Crippen LogP contribution in [0.25, 0.3) is 0 Å². The Morgan fingerprint density at radius 2 is 2.18 bits per heavy atom. The summed E-state index contributed by atoms with van der Waals surface area (Å²) in [6.45, 7) is 3.54. The minimum absolute atomic E-state index is 0.245. The summed E-state index contributed by atoms with van der Waals surface area (Å²) >= 11 is 0. The summed E-state index contributed by atoms with van der Waals surface area (Å²) in [7, 11) is 0. The molecule has 0 atom stereocenters. The Balaban J connectivity index is 2.31. The van der Waals surface area contributed by atoms with E-state index < -0.39 is 5.79 Å². The van der Waals surface area contributed by atoms with Crippen molar-refractivity contribution in [1.29, 1.82) is 5.26 Å². The Bertz CT molecular complexity index is 431. The van der Waals surface area contributed by atoms with E-state index in [4.69, 9.17) is 20.5 Å². The van der Waals surface area contributed by atoms with Crippen LogP contribution >= 0.6 is 0 Å². The molecule has 0 aromatic heterocycles. The van der Waals surface area contributed by atoms with Gasteiger partial charge in [0.05, 0.1) is 31.4 Å². The highest BCUT2D eigenvalue weighted by Crippen LogP contribution is 2.31. The minimum Gasteiger partial charge on any atom is -0.344 e. The lowest BCUT2D eigenvalue weighted by molar-refractivity contribution is -0.284. The van der Waals surface area contributed by atoms with Crippen LogP contribution in [0.5, 0.6) is 0 Å². The summed E-state index contributed by atoms with van der Waals surface area (Å²) in [4.78, 5) is 0. The average Bonchev–Trinajstić information content (AvgIpc) is 2.40. The molecule has 0 spiro atoms. The topological polar surface area (TPSA) is 68.3 Å². The molecule has 1 aliphatic heterocycles. The van der Waals surface area contributed by atoms with Crippen molar-refractivity contribution in [3.63, 3.8) is 0 Å². The van der Waals surface area contributed by atoms with Crippen molar-refractivity contribution in [3.8, 4) is 6.07 Å². The lowest BCUT2D eigenvalue weighted by Crippen LogP contribution is -2.46. The molecule has 2 N–H and O–H groups in total. The number of nitriles is 1. The van der Waals surface area contributed by atoms with Gasteiger partial charge in [0.15, 0.2) is 0 Å². The minimum atomic E-state index is -0.890. The van der Waals surface area contributed by atoms with Gasteiger partial charge in [-0.15, -0.1) is 0 Å². The van der Waals surface area contributed by atoms with E-state index in [1.807, 2.05) is 12.1 Å². The quantitative estimate of drug-likeness (QED) is 0.835. The molecule has 0 bridgehead atoms. The Morgan fingerprint density at radius 1 is 1.47 bits per heavy atom. The zero-order valence-electron chi connectivity index (χ0n) is 9.85. The van der Waals surface area contributed by atoms with Gasteiger partial charge in [0.25, 0.3) is 0 Å². The number of nitrogens with zero attached hydrogens (tertiary/aromatic N) is 1. The van der Waals surface area contributed by atoms with Gasteiger partial charge in [-0.25, -0.2) is 0 Å². The van der Waals surface area contributed by atoms with Crippen LogP contribution in [0.2, 0.25) is 0 Å². The molecule has 0 unspecified atom stereocenters. The molecule has 4 nitrogen and oxygen atoms in total. The molecule has 1 aliphatic rings. The van der Waals surface area contributed by atoms with E-state index >= 15 is 0 Å². The smallest absolute Gasteiger partial charge is 0.207 e. The van der Waals surface area contributed by atoms with E-state index in [9.17, 15) is 0 Å². The maximum Gasteiger partial charge on any atom is 0.207 e. The van der Waals surface area contributed by atoms with Gasteiger partial charge in [0.2, 0.25) is 5.79 Å². The molecule has 0 saturated carbocycles. The number of rotatable bonds is 2. The maximum absolute atomic E-state index is 8.90. The number of hydrogen-bond acceptors (Lipinski definition) is 4. The van der Waals surface area contributed by atoms with E-state index in [0.717, 1.165) is 5.56 Å². The van der Waals surface area contributed by atoms with Crippen LogP contribution in [0.1, 0.15) is 18.1 Å². The molecule has 90 valence electrons. The Kier molecular flexibility index (Phi) is 3.43. The van der Waals surface area contributed by atoms with E-state index in [2.05, 4.69) is 13.0 Å². The van der Waals surface area contributed by atoms with Crippen molar-refractivity contribution < 1.29 is 9.47 Å². The molecule has 1 aromatic carbocycles. The normalized spacial score (nSPS) is 28.6. The summed E-state index contributed by atoms with van der Waals surface area (Å²) in [6.07, 6.45) is 0. The molecule has 0 amide bonds. The summed E-state index contributed by atoms with van der Waals surface area (Å²) in [5.41, 5.74) is 7.17. The van der Waals surface area contributed by atoms with Crippen molar-refractivity contribution in [3.05, 3.63) is 35.4 Å². The molecule has 1 saturated heterocycles. The Morgan fingerprint density at radius 3 is 2.76 bits per heavy atom. The molecule has 0 aliphatic carbocycles. The third-order valence-electron chi connectivity index (χ3n) is 2.90. The van der Waals surface area contributed by atoms with Gasteiger partial charge < -0.3 is 15.2 Å². The summed E-state index contributed by atoms with van der Waals surface area (Å²) in [6, 6.07) is 9.31. The van der Waals surface area contributed by atoms with Gasteiger partial charge in [0.1, 0.15) is 0 Å². The van der Waals surface area contributed by atoms with Crippen LogP contribution in [0.3, 0.4) is 0 Å². The fourth-order valence-electron chi connectivity index (χ4n) is 1.87. The van der Waals surface area contributed by atoms with Crippen LogP contribution in [0, 0.1) is 17.2 Å². The van der Waals surface area contributed by atoms with E-state index in [-0.39, 0.29) is 6.54 Å². The van der Waals surface area contributed by atoms with Gasteiger partial charge >= 0.3 is 0 Å². The second-order valence-electron chi connectivity index (χ2n) is 4.38. The summed E-state index contributed by atoms with van der Waals surface area (Å²) < 4.78 is 11.5. The van der Waals surface area contributed by atoms with Gasteiger partial charge in [-0.1, -0.05) is 19.1 Å². The first-order valence-electron chi connectivity index (χ1n) is 5.69. The van der Waals surface area contributed by atoms with Crippen LogP contribution in [0.15, 0.2) is 24.3 Å². The van der Waals surface area contributed by atoms with E-state index in [1.165, 1.54) is 0 Å².